The molecular formula is C17H23NO7. The zero-order chi connectivity index (χ0) is 18.4. The minimum Gasteiger partial charge on any atom is -0.457 e. The number of carbonyl (C=O) groups is 2. The van der Waals surface area contributed by atoms with E-state index in [0.29, 0.717) is 0 Å². The molecule has 0 saturated carbocycles. The zero-order valence-electron chi connectivity index (χ0n) is 14.1. The molecule has 8 nitrogen and oxygen atoms in total. The van der Waals surface area contributed by atoms with Crippen LogP contribution >= 0.6 is 0 Å². The normalized spacial score (nSPS) is 29.0. The molecule has 1 aromatic rings. The molecule has 1 amide bonds. The van der Waals surface area contributed by atoms with Crippen molar-refractivity contribution in [3.63, 3.8) is 0 Å². The Hall–Kier alpha value is -2.00. The Labute approximate surface area is 145 Å². The third-order valence-corrected chi connectivity index (χ3v) is 3.78. The Morgan fingerprint density at radius 3 is 2.48 bits per heavy atom. The summed E-state index contributed by atoms with van der Waals surface area (Å²) in [5.41, 5.74) is 0.878. The van der Waals surface area contributed by atoms with Gasteiger partial charge >= 0.3 is 5.97 Å². The number of aliphatic hydroxyl groups excluding tert-OH is 2. The lowest BCUT2D eigenvalue weighted by atomic mass is 9.96. The summed E-state index contributed by atoms with van der Waals surface area (Å²) in [6, 6.07) is 8.38. The molecule has 1 aliphatic heterocycles. The van der Waals surface area contributed by atoms with Crippen molar-refractivity contribution in [2.24, 2.45) is 0 Å². The van der Waals surface area contributed by atoms with E-state index in [2.05, 4.69) is 5.32 Å². The first kappa shape index (κ1) is 19.3. The van der Waals surface area contributed by atoms with Gasteiger partial charge in [-0.25, -0.2) is 0 Å². The quantitative estimate of drug-likeness (QED) is 0.603. The maximum atomic E-state index is 11.5. The Morgan fingerprint density at radius 1 is 1.24 bits per heavy atom. The van der Waals surface area contributed by atoms with Gasteiger partial charge in [0.1, 0.15) is 18.2 Å². The summed E-state index contributed by atoms with van der Waals surface area (Å²) in [4.78, 5) is 22.9. The van der Waals surface area contributed by atoms with Gasteiger partial charge in [0.25, 0.3) is 0 Å². The number of aliphatic hydroxyl groups is 2. The smallest absolute Gasteiger partial charge is 0.303 e. The number of amides is 1. The Kier molecular flexibility index (Phi) is 6.89. The van der Waals surface area contributed by atoms with Crippen LogP contribution in [0, 0.1) is 0 Å². The fourth-order valence-electron chi connectivity index (χ4n) is 2.68. The van der Waals surface area contributed by atoms with Crippen LogP contribution in [0.3, 0.4) is 0 Å². The fraction of sp³-hybridized carbons (Fsp3) is 0.529. The summed E-state index contributed by atoms with van der Waals surface area (Å²) in [5, 5.41) is 22.3. The van der Waals surface area contributed by atoms with E-state index < -0.39 is 49.1 Å². The fourth-order valence-corrected chi connectivity index (χ4v) is 2.68. The molecule has 0 spiro atoms. The zero-order valence-corrected chi connectivity index (χ0v) is 14.1. The molecule has 1 aromatic carbocycles. The van der Waals surface area contributed by atoms with E-state index in [1.165, 1.54) is 13.8 Å². The van der Waals surface area contributed by atoms with E-state index in [1.54, 1.807) is 0 Å². The molecule has 0 radical (unpaired) electrons. The largest absolute Gasteiger partial charge is 0.457 e. The standard InChI is InChI=1S/C17H23NO7/c1-10(20)18-14-16(24-11(2)21)15(22)13(8-19)25-17(14)23-9-12-6-4-3-5-7-12/h3-7,13-17,19,22H,8-9H2,1-2H3,(H,18,20)/t13-,14-,15+,16-,17-/m0/s1. The molecule has 0 unspecified atom stereocenters. The van der Waals surface area contributed by atoms with Crippen molar-refractivity contribution in [1.82, 2.24) is 5.32 Å². The van der Waals surface area contributed by atoms with Gasteiger partial charge in [0.15, 0.2) is 12.4 Å². The summed E-state index contributed by atoms with van der Waals surface area (Å²) in [5.74, 6) is -1.02. The lowest BCUT2D eigenvalue weighted by molar-refractivity contribution is -0.276. The second kappa shape index (κ2) is 8.91. The SMILES string of the molecule is CC(=O)N[C@@H]1[C@@H](OCc2ccccc2)O[C@@H](CO)[C@@H](O)[C@H]1OC(C)=O. The predicted molar refractivity (Wildman–Crippen MR) is 86.1 cm³/mol. The molecule has 1 heterocycles. The molecule has 1 aliphatic rings. The Balaban J connectivity index is 2.19. The van der Waals surface area contributed by atoms with Gasteiger partial charge in [-0.2, -0.15) is 0 Å². The monoisotopic (exact) mass is 353 g/mol. The lowest BCUT2D eigenvalue weighted by Gasteiger charge is -2.43. The van der Waals surface area contributed by atoms with Crippen LogP contribution in [0.2, 0.25) is 0 Å². The highest BCUT2D eigenvalue weighted by Gasteiger charge is 2.48. The van der Waals surface area contributed by atoms with Gasteiger partial charge in [-0.3, -0.25) is 9.59 Å². The minimum absolute atomic E-state index is 0.183. The van der Waals surface area contributed by atoms with Crippen LogP contribution in [0.1, 0.15) is 19.4 Å². The number of nitrogens with one attached hydrogen (secondary N) is 1. The van der Waals surface area contributed by atoms with E-state index in [4.69, 9.17) is 14.2 Å². The maximum Gasteiger partial charge on any atom is 0.303 e. The summed E-state index contributed by atoms with van der Waals surface area (Å²) in [7, 11) is 0. The van der Waals surface area contributed by atoms with Crippen molar-refractivity contribution in [3.8, 4) is 0 Å². The highest BCUT2D eigenvalue weighted by Crippen LogP contribution is 2.25. The number of benzene rings is 1. The molecule has 3 N–H and O–H groups in total. The van der Waals surface area contributed by atoms with Crippen LogP contribution in [0.5, 0.6) is 0 Å². The van der Waals surface area contributed by atoms with Crippen molar-refractivity contribution in [3.05, 3.63) is 35.9 Å². The summed E-state index contributed by atoms with van der Waals surface area (Å²) >= 11 is 0. The third-order valence-electron chi connectivity index (χ3n) is 3.78. The summed E-state index contributed by atoms with van der Waals surface area (Å²) in [6.45, 7) is 2.18. The number of esters is 1. The Bertz CT molecular complexity index is 580. The van der Waals surface area contributed by atoms with Crippen LogP contribution in [-0.2, 0) is 30.4 Å². The highest BCUT2D eigenvalue weighted by atomic mass is 16.7. The van der Waals surface area contributed by atoms with Gasteiger partial charge in [0.05, 0.1) is 13.2 Å². The second-order valence-corrected chi connectivity index (χ2v) is 5.81. The third kappa shape index (κ3) is 5.23. The second-order valence-electron chi connectivity index (χ2n) is 5.81. The van der Waals surface area contributed by atoms with Gasteiger partial charge in [-0.05, 0) is 5.56 Å². The number of hydrogen-bond donors (Lipinski definition) is 3. The van der Waals surface area contributed by atoms with E-state index in [-0.39, 0.29) is 6.61 Å². The lowest BCUT2D eigenvalue weighted by Crippen LogP contribution is -2.65. The molecule has 138 valence electrons. The maximum absolute atomic E-state index is 11.5. The number of rotatable bonds is 6. The molecule has 1 fully saturated rings. The van der Waals surface area contributed by atoms with Gasteiger partial charge in [0, 0.05) is 13.8 Å². The summed E-state index contributed by atoms with van der Waals surface area (Å²) < 4.78 is 16.4. The molecule has 1 saturated heterocycles. The first-order chi connectivity index (χ1) is 11.9. The first-order valence-corrected chi connectivity index (χ1v) is 7.96. The predicted octanol–water partition coefficient (Wildman–Crippen LogP) is -0.282. The Morgan fingerprint density at radius 2 is 1.92 bits per heavy atom. The molecule has 0 aliphatic carbocycles. The van der Waals surface area contributed by atoms with Gasteiger partial charge in [0.2, 0.25) is 5.91 Å². The van der Waals surface area contributed by atoms with Gasteiger partial charge < -0.3 is 29.7 Å². The van der Waals surface area contributed by atoms with E-state index in [0.717, 1.165) is 5.56 Å². The molecular weight excluding hydrogens is 330 g/mol. The minimum atomic E-state index is -1.30. The van der Waals surface area contributed by atoms with Crippen molar-refractivity contribution in [2.75, 3.05) is 6.61 Å². The number of carbonyl (C=O) groups excluding carboxylic acids is 2. The van der Waals surface area contributed by atoms with E-state index in [9.17, 15) is 19.8 Å². The highest BCUT2D eigenvalue weighted by molar-refractivity contribution is 5.73. The first-order valence-electron chi connectivity index (χ1n) is 7.96. The van der Waals surface area contributed by atoms with Crippen LogP contribution in [-0.4, -0.2) is 59.3 Å². The van der Waals surface area contributed by atoms with Gasteiger partial charge in [-0.15, -0.1) is 0 Å². The molecule has 0 aromatic heterocycles. The summed E-state index contributed by atoms with van der Waals surface area (Å²) in [6.07, 6.45) is -4.42. The molecule has 25 heavy (non-hydrogen) atoms. The van der Waals surface area contributed by atoms with Crippen LogP contribution < -0.4 is 5.32 Å². The average molecular weight is 353 g/mol. The average Bonchev–Trinajstić information content (AvgIpc) is 2.57. The van der Waals surface area contributed by atoms with Crippen LogP contribution in [0.25, 0.3) is 0 Å². The van der Waals surface area contributed by atoms with Crippen LogP contribution in [0.4, 0.5) is 0 Å². The number of ether oxygens (including phenoxy) is 3. The topological polar surface area (TPSA) is 114 Å². The molecule has 2 rings (SSSR count). The van der Waals surface area contributed by atoms with E-state index >= 15 is 0 Å². The molecule has 5 atom stereocenters. The van der Waals surface area contributed by atoms with E-state index in [1.807, 2.05) is 30.3 Å². The number of hydrogen-bond acceptors (Lipinski definition) is 7. The van der Waals surface area contributed by atoms with Crippen molar-refractivity contribution in [2.45, 2.75) is 51.1 Å². The van der Waals surface area contributed by atoms with Gasteiger partial charge in [-0.1, -0.05) is 30.3 Å². The van der Waals surface area contributed by atoms with Crippen LogP contribution in [0.15, 0.2) is 30.3 Å². The molecule has 0 bridgehead atoms. The van der Waals surface area contributed by atoms with Crippen molar-refractivity contribution >= 4 is 11.9 Å². The van der Waals surface area contributed by atoms with Crippen molar-refractivity contribution < 1.29 is 34.0 Å². The molecule has 8 heteroatoms. The van der Waals surface area contributed by atoms with Crippen molar-refractivity contribution in [1.29, 1.82) is 0 Å².